The quantitative estimate of drug-likeness (QED) is 0.574. The molecule has 0 aromatic heterocycles. The number of rotatable bonds is 0. The first kappa shape index (κ1) is 11.0. The normalized spacial score (nSPS) is 37.0. The van der Waals surface area contributed by atoms with Crippen molar-refractivity contribution in [2.75, 3.05) is 0 Å². The van der Waals surface area contributed by atoms with Crippen molar-refractivity contribution in [3.8, 4) is 0 Å². The minimum Gasteiger partial charge on any atom is -0.462 e. The van der Waals surface area contributed by atoms with Crippen molar-refractivity contribution in [2.45, 2.75) is 59.0 Å². The molecule has 0 bridgehead atoms. The highest BCUT2D eigenvalue weighted by atomic mass is 16.5. The molecule has 0 amide bonds. The molecule has 2 aliphatic rings. The first-order chi connectivity index (χ1) is 6.97. The van der Waals surface area contributed by atoms with Crippen molar-refractivity contribution in [2.24, 2.45) is 17.3 Å². The van der Waals surface area contributed by atoms with Crippen LogP contribution in [0.2, 0.25) is 0 Å². The molecule has 2 nitrogen and oxygen atoms in total. The maximum absolute atomic E-state index is 11.2. The van der Waals surface area contributed by atoms with Gasteiger partial charge < -0.3 is 4.74 Å². The molecular weight excluding hydrogens is 188 g/mol. The van der Waals surface area contributed by atoms with Crippen LogP contribution in [0.25, 0.3) is 0 Å². The number of hydrogen-bond donors (Lipinski definition) is 0. The number of carbonyl (C=O) groups is 1. The highest BCUT2D eigenvalue weighted by molar-refractivity contribution is 5.70. The molecule has 86 valence electrons. The Labute approximate surface area is 92.4 Å². The van der Waals surface area contributed by atoms with Gasteiger partial charge in [0.2, 0.25) is 0 Å². The molecule has 3 atom stereocenters. The van der Waals surface area contributed by atoms with E-state index in [1.807, 2.05) is 0 Å². The first-order valence-corrected chi connectivity index (χ1v) is 6.16. The van der Waals surface area contributed by atoms with Crippen LogP contribution in [0, 0.1) is 17.3 Å². The first-order valence-electron chi connectivity index (χ1n) is 6.16. The summed E-state index contributed by atoms with van der Waals surface area (Å²) in [5, 5.41) is 0. The molecule has 15 heavy (non-hydrogen) atoms. The summed E-state index contributed by atoms with van der Waals surface area (Å²) in [5.74, 6) is 1.46. The lowest BCUT2D eigenvalue weighted by molar-refractivity contribution is -0.162. The van der Waals surface area contributed by atoms with Crippen molar-refractivity contribution >= 4 is 5.97 Å². The SMILES string of the molecule is CC(C)(C)C1CC[C@@H]2OC(=O)CC[C@@H]2C1. The average Bonchev–Trinajstić information content (AvgIpc) is 2.15. The van der Waals surface area contributed by atoms with Crippen LogP contribution in [-0.4, -0.2) is 12.1 Å². The van der Waals surface area contributed by atoms with Gasteiger partial charge in [-0.3, -0.25) is 4.79 Å². The molecule has 1 saturated heterocycles. The Morgan fingerprint density at radius 2 is 1.93 bits per heavy atom. The van der Waals surface area contributed by atoms with Crippen LogP contribution < -0.4 is 0 Å². The third-order valence-corrected chi connectivity index (χ3v) is 4.14. The van der Waals surface area contributed by atoms with E-state index in [4.69, 9.17) is 4.74 Å². The lowest BCUT2D eigenvalue weighted by Crippen LogP contribution is -2.40. The van der Waals surface area contributed by atoms with E-state index in [0.29, 0.717) is 17.8 Å². The third kappa shape index (κ3) is 2.35. The Morgan fingerprint density at radius 3 is 2.60 bits per heavy atom. The Balaban J connectivity index is 1.98. The average molecular weight is 210 g/mol. The second kappa shape index (κ2) is 3.80. The van der Waals surface area contributed by atoms with Gasteiger partial charge in [0, 0.05) is 6.42 Å². The molecule has 1 saturated carbocycles. The second-order valence-electron chi connectivity index (χ2n) is 6.20. The van der Waals surface area contributed by atoms with Crippen LogP contribution in [0.5, 0.6) is 0 Å². The number of hydrogen-bond acceptors (Lipinski definition) is 2. The molecule has 1 heterocycles. The van der Waals surface area contributed by atoms with Crippen molar-refractivity contribution in [1.82, 2.24) is 0 Å². The Hall–Kier alpha value is -0.530. The van der Waals surface area contributed by atoms with Gasteiger partial charge in [0.15, 0.2) is 0 Å². The molecule has 0 spiro atoms. The molecule has 1 aliphatic heterocycles. The van der Waals surface area contributed by atoms with Crippen LogP contribution in [0.3, 0.4) is 0 Å². The number of fused-ring (bicyclic) bond motifs is 1. The minimum absolute atomic E-state index is 0.0189. The molecule has 1 aliphatic carbocycles. The molecule has 1 unspecified atom stereocenters. The minimum atomic E-state index is 0.0189. The van der Waals surface area contributed by atoms with Crippen LogP contribution in [0.4, 0.5) is 0 Å². The van der Waals surface area contributed by atoms with Gasteiger partial charge in [0.05, 0.1) is 0 Å². The summed E-state index contributed by atoms with van der Waals surface area (Å²) in [4.78, 5) is 11.2. The predicted molar refractivity (Wildman–Crippen MR) is 59.4 cm³/mol. The van der Waals surface area contributed by atoms with Crippen LogP contribution in [0.1, 0.15) is 52.9 Å². The molecule has 2 fully saturated rings. The van der Waals surface area contributed by atoms with Gasteiger partial charge in [-0.1, -0.05) is 20.8 Å². The molecule has 2 rings (SSSR count). The fraction of sp³-hybridized carbons (Fsp3) is 0.923. The van der Waals surface area contributed by atoms with Gasteiger partial charge in [-0.25, -0.2) is 0 Å². The summed E-state index contributed by atoms with van der Waals surface area (Å²) in [5.41, 5.74) is 0.409. The van der Waals surface area contributed by atoms with Gasteiger partial charge in [-0.15, -0.1) is 0 Å². The van der Waals surface area contributed by atoms with Gasteiger partial charge in [0.1, 0.15) is 6.10 Å². The zero-order valence-electron chi connectivity index (χ0n) is 10.1. The Morgan fingerprint density at radius 1 is 1.20 bits per heavy atom. The predicted octanol–water partition coefficient (Wildman–Crippen LogP) is 3.15. The zero-order chi connectivity index (χ0) is 11.1. The van der Waals surface area contributed by atoms with E-state index in [-0.39, 0.29) is 12.1 Å². The highest BCUT2D eigenvalue weighted by Gasteiger charge is 2.39. The van der Waals surface area contributed by atoms with E-state index in [0.717, 1.165) is 18.8 Å². The maximum Gasteiger partial charge on any atom is 0.306 e. The lowest BCUT2D eigenvalue weighted by Gasteiger charge is -2.43. The largest absolute Gasteiger partial charge is 0.462 e. The van der Waals surface area contributed by atoms with E-state index in [1.165, 1.54) is 12.8 Å². The number of carbonyl (C=O) groups excluding carboxylic acids is 1. The summed E-state index contributed by atoms with van der Waals surface area (Å²) in [6, 6.07) is 0. The van der Waals surface area contributed by atoms with Crippen molar-refractivity contribution in [3.05, 3.63) is 0 Å². The maximum atomic E-state index is 11.2. The van der Waals surface area contributed by atoms with Crippen molar-refractivity contribution in [1.29, 1.82) is 0 Å². The summed E-state index contributed by atoms with van der Waals surface area (Å²) in [6.45, 7) is 6.98. The van der Waals surface area contributed by atoms with Gasteiger partial charge in [0.25, 0.3) is 0 Å². The molecule has 0 aromatic rings. The van der Waals surface area contributed by atoms with Gasteiger partial charge >= 0.3 is 5.97 Å². The van der Waals surface area contributed by atoms with Crippen molar-refractivity contribution in [3.63, 3.8) is 0 Å². The number of esters is 1. The van der Waals surface area contributed by atoms with E-state index in [2.05, 4.69) is 20.8 Å². The summed E-state index contributed by atoms with van der Waals surface area (Å²) >= 11 is 0. The molecule has 0 N–H and O–H groups in total. The smallest absolute Gasteiger partial charge is 0.306 e. The molecule has 0 aromatic carbocycles. The summed E-state index contributed by atoms with van der Waals surface area (Å²) < 4.78 is 5.41. The topological polar surface area (TPSA) is 26.3 Å². The monoisotopic (exact) mass is 210 g/mol. The zero-order valence-corrected chi connectivity index (χ0v) is 10.1. The van der Waals surface area contributed by atoms with E-state index >= 15 is 0 Å². The van der Waals surface area contributed by atoms with Gasteiger partial charge in [-0.05, 0) is 42.9 Å². The van der Waals surface area contributed by atoms with E-state index in [1.54, 1.807) is 0 Å². The summed E-state index contributed by atoms with van der Waals surface area (Å²) in [6.07, 6.45) is 5.48. The third-order valence-electron chi connectivity index (χ3n) is 4.14. The summed E-state index contributed by atoms with van der Waals surface area (Å²) in [7, 11) is 0. The second-order valence-corrected chi connectivity index (χ2v) is 6.20. The van der Waals surface area contributed by atoms with E-state index < -0.39 is 0 Å². The van der Waals surface area contributed by atoms with Gasteiger partial charge in [-0.2, -0.15) is 0 Å². The fourth-order valence-electron chi connectivity index (χ4n) is 3.01. The standard InChI is InChI=1S/C13H22O2/c1-13(2,3)10-5-6-11-9(8-10)4-7-12(14)15-11/h9-11H,4-8H2,1-3H3/t9-,10?,11+/m1/s1. The molecule has 0 radical (unpaired) electrons. The Bertz CT molecular complexity index is 252. The lowest BCUT2D eigenvalue weighted by atomic mass is 9.67. The highest BCUT2D eigenvalue weighted by Crippen LogP contribution is 2.44. The fourth-order valence-corrected chi connectivity index (χ4v) is 3.01. The van der Waals surface area contributed by atoms with Crippen LogP contribution in [-0.2, 0) is 9.53 Å². The van der Waals surface area contributed by atoms with E-state index in [9.17, 15) is 4.79 Å². The van der Waals surface area contributed by atoms with Crippen LogP contribution >= 0.6 is 0 Å². The number of ether oxygens (including phenoxy) is 1. The Kier molecular flexibility index (Phi) is 2.78. The van der Waals surface area contributed by atoms with Crippen LogP contribution in [0.15, 0.2) is 0 Å². The molecular formula is C13H22O2. The molecule has 2 heteroatoms. The van der Waals surface area contributed by atoms with Crippen molar-refractivity contribution < 1.29 is 9.53 Å².